The maximum atomic E-state index is 11.1. The first-order valence-electron chi connectivity index (χ1n) is 3.62. The molecular formula is C8H12NiO2. The zero-order chi connectivity index (χ0) is 7.78. The average Bonchev–Trinajstić information content (AvgIpc) is 1.84. The SMILES string of the molecule is CC1(C)C(=O)CCCC1=O.[Ni]. The van der Waals surface area contributed by atoms with E-state index in [2.05, 4.69) is 0 Å². The molecule has 0 aromatic heterocycles. The largest absolute Gasteiger partial charge is 0.299 e. The van der Waals surface area contributed by atoms with Crippen molar-refractivity contribution < 1.29 is 26.1 Å². The quantitative estimate of drug-likeness (QED) is 0.435. The first kappa shape index (κ1) is 10.8. The van der Waals surface area contributed by atoms with Gasteiger partial charge in [-0.1, -0.05) is 0 Å². The Balaban J connectivity index is 0.000001000. The smallest absolute Gasteiger partial charge is 0.145 e. The van der Waals surface area contributed by atoms with Gasteiger partial charge in [-0.15, -0.1) is 0 Å². The minimum Gasteiger partial charge on any atom is -0.299 e. The second-order valence-corrected chi connectivity index (χ2v) is 3.32. The van der Waals surface area contributed by atoms with E-state index in [0.717, 1.165) is 6.42 Å². The van der Waals surface area contributed by atoms with Crippen LogP contribution in [0.15, 0.2) is 0 Å². The summed E-state index contributed by atoms with van der Waals surface area (Å²) in [5.41, 5.74) is -0.682. The molecule has 0 aromatic carbocycles. The van der Waals surface area contributed by atoms with Crippen LogP contribution < -0.4 is 0 Å². The van der Waals surface area contributed by atoms with E-state index in [4.69, 9.17) is 0 Å². The summed E-state index contributed by atoms with van der Waals surface area (Å²) < 4.78 is 0. The average molecular weight is 199 g/mol. The number of rotatable bonds is 0. The summed E-state index contributed by atoms with van der Waals surface area (Å²) in [6.07, 6.45) is 1.92. The molecule has 1 aliphatic rings. The molecule has 0 N–H and O–H groups in total. The summed E-state index contributed by atoms with van der Waals surface area (Å²) in [6, 6.07) is 0. The third kappa shape index (κ3) is 1.90. The van der Waals surface area contributed by atoms with Gasteiger partial charge in [0.25, 0.3) is 0 Å². The molecule has 0 spiro atoms. The molecule has 66 valence electrons. The molecule has 3 heteroatoms. The van der Waals surface area contributed by atoms with Crippen LogP contribution in [0.3, 0.4) is 0 Å². The van der Waals surface area contributed by atoms with Gasteiger partial charge < -0.3 is 0 Å². The third-order valence-corrected chi connectivity index (χ3v) is 2.20. The summed E-state index contributed by atoms with van der Waals surface area (Å²) in [5.74, 6) is 0.201. The van der Waals surface area contributed by atoms with Crippen LogP contribution in [0, 0.1) is 5.41 Å². The Labute approximate surface area is 76.7 Å². The Bertz CT molecular complexity index is 167. The molecule has 0 unspecified atom stereocenters. The topological polar surface area (TPSA) is 34.1 Å². The van der Waals surface area contributed by atoms with E-state index >= 15 is 0 Å². The van der Waals surface area contributed by atoms with Gasteiger partial charge in [0.05, 0.1) is 5.41 Å². The zero-order valence-corrected chi connectivity index (χ0v) is 7.74. The van der Waals surface area contributed by atoms with Crippen molar-refractivity contribution in [2.45, 2.75) is 33.1 Å². The minimum atomic E-state index is -0.682. The number of Topliss-reactive ketones (excluding diaryl/α,β-unsaturated/α-hetero) is 2. The Morgan fingerprint density at radius 2 is 1.45 bits per heavy atom. The van der Waals surface area contributed by atoms with E-state index in [1.54, 1.807) is 13.8 Å². The van der Waals surface area contributed by atoms with Crippen molar-refractivity contribution in [3.63, 3.8) is 0 Å². The van der Waals surface area contributed by atoms with Crippen LogP contribution in [-0.2, 0) is 26.1 Å². The molecule has 1 rings (SSSR count). The molecule has 2 nitrogen and oxygen atoms in total. The van der Waals surface area contributed by atoms with Crippen LogP contribution in [0.5, 0.6) is 0 Å². The van der Waals surface area contributed by atoms with Gasteiger partial charge in [-0.2, -0.15) is 0 Å². The predicted octanol–water partition coefficient (Wildman–Crippen LogP) is 1.33. The van der Waals surface area contributed by atoms with E-state index in [1.165, 1.54) is 0 Å². The first-order chi connectivity index (χ1) is 4.55. The van der Waals surface area contributed by atoms with Crippen LogP contribution in [-0.4, -0.2) is 11.6 Å². The van der Waals surface area contributed by atoms with Crippen LogP contribution in [0.1, 0.15) is 33.1 Å². The Kier molecular flexibility index (Phi) is 3.43. The first-order valence-corrected chi connectivity index (χ1v) is 3.62. The number of carbonyl (C=O) groups excluding carboxylic acids is 2. The minimum absolute atomic E-state index is 0. The van der Waals surface area contributed by atoms with Gasteiger partial charge >= 0.3 is 0 Å². The molecule has 0 saturated heterocycles. The molecule has 11 heavy (non-hydrogen) atoms. The molecule has 0 bridgehead atoms. The third-order valence-electron chi connectivity index (χ3n) is 2.20. The molecule has 0 amide bonds. The Hall–Kier alpha value is -0.166. The normalized spacial score (nSPS) is 22.7. The second kappa shape index (κ2) is 3.49. The zero-order valence-electron chi connectivity index (χ0n) is 6.75. The predicted molar refractivity (Wildman–Crippen MR) is 37.6 cm³/mol. The molecular weight excluding hydrogens is 187 g/mol. The number of hydrogen-bond donors (Lipinski definition) is 0. The van der Waals surface area contributed by atoms with E-state index in [-0.39, 0.29) is 28.1 Å². The van der Waals surface area contributed by atoms with Crippen molar-refractivity contribution in [2.75, 3.05) is 0 Å². The summed E-state index contributed by atoms with van der Waals surface area (Å²) in [7, 11) is 0. The van der Waals surface area contributed by atoms with E-state index in [9.17, 15) is 9.59 Å². The van der Waals surface area contributed by atoms with Crippen LogP contribution >= 0.6 is 0 Å². The second-order valence-electron chi connectivity index (χ2n) is 3.32. The standard InChI is InChI=1S/C8H12O2.Ni/c1-8(2)6(9)4-3-5-7(8)10;/h3-5H2,1-2H3;. The fourth-order valence-electron chi connectivity index (χ4n) is 1.19. The van der Waals surface area contributed by atoms with E-state index < -0.39 is 5.41 Å². The monoisotopic (exact) mass is 198 g/mol. The summed E-state index contributed by atoms with van der Waals surface area (Å²) >= 11 is 0. The molecule has 0 aromatic rings. The molecule has 0 heterocycles. The van der Waals surface area contributed by atoms with Gasteiger partial charge in [-0.25, -0.2) is 0 Å². The molecule has 1 saturated carbocycles. The van der Waals surface area contributed by atoms with Gasteiger partial charge in [0.15, 0.2) is 0 Å². The summed E-state index contributed by atoms with van der Waals surface area (Å²) in [6.45, 7) is 3.44. The van der Waals surface area contributed by atoms with Gasteiger partial charge in [-0.05, 0) is 20.3 Å². The van der Waals surface area contributed by atoms with Crippen molar-refractivity contribution in [3.8, 4) is 0 Å². The molecule has 1 fully saturated rings. The fraction of sp³-hybridized carbons (Fsp3) is 0.750. The fourth-order valence-corrected chi connectivity index (χ4v) is 1.19. The maximum Gasteiger partial charge on any atom is 0.145 e. The van der Waals surface area contributed by atoms with Gasteiger partial charge in [0.2, 0.25) is 0 Å². The van der Waals surface area contributed by atoms with E-state index in [1.807, 2.05) is 0 Å². The summed E-state index contributed by atoms with van der Waals surface area (Å²) in [4.78, 5) is 22.2. The summed E-state index contributed by atoms with van der Waals surface area (Å²) in [5, 5.41) is 0. The number of carbonyl (C=O) groups is 2. The van der Waals surface area contributed by atoms with Gasteiger partial charge in [-0.3, -0.25) is 9.59 Å². The van der Waals surface area contributed by atoms with Gasteiger partial charge in [0, 0.05) is 29.3 Å². The number of ketones is 2. The van der Waals surface area contributed by atoms with Crippen LogP contribution in [0.2, 0.25) is 0 Å². The Morgan fingerprint density at radius 1 is 1.09 bits per heavy atom. The van der Waals surface area contributed by atoms with Crippen LogP contribution in [0.25, 0.3) is 0 Å². The van der Waals surface area contributed by atoms with E-state index in [0.29, 0.717) is 12.8 Å². The van der Waals surface area contributed by atoms with Crippen molar-refractivity contribution in [1.29, 1.82) is 0 Å². The molecule has 1 aliphatic carbocycles. The van der Waals surface area contributed by atoms with Crippen molar-refractivity contribution >= 4 is 11.6 Å². The maximum absolute atomic E-state index is 11.1. The molecule has 0 aliphatic heterocycles. The Morgan fingerprint density at radius 3 is 1.73 bits per heavy atom. The molecule has 0 atom stereocenters. The molecule has 0 radical (unpaired) electrons. The van der Waals surface area contributed by atoms with Crippen molar-refractivity contribution in [1.82, 2.24) is 0 Å². The van der Waals surface area contributed by atoms with Crippen molar-refractivity contribution in [3.05, 3.63) is 0 Å². The van der Waals surface area contributed by atoms with Crippen LogP contribution in [0.4, 0.5) is 0 Å². The van der Waals surface area contributed by atoms with Crippen molar-refractivity contribution in [2.24, 2.45) is 5.41 Å². The van der Waals surface area contributed by atoms with Gasteiger partial charge in [0.1, 0.15) is 11.6 Å². The number of hydrogen-bond acceptors (Lipinski definition) is 2.